The largest absolute Gasteiger partial charge is 0.135 e. The molecule has 1 unspecified atom stereocenters. The van der Waals surface area contributed by atoms with Gasteiger partial charge in [0.25, 0.3) is 0 Å². The summed E-state index contributed by atoms with van der Waals surface area (Å²) in [7, 11) is 0. The van der Waals surface area contributed by atoms with Crippen molar-refractivity contribution in [1.29, 1.82) is 0 Å². The first-order valence-corrected chi connectivity index (χ1v) is 7.98. The number of hydrogen-bond donors (Lipinski definition) is 0. The molecular weight excluding hydrogens is 284 g/mol. The van der Waals surface area contributed by atoms with Crippen LogP contribution < -0.4 is 0 Å². The van der Waals surface area contributed by atoms with Gasteiger partial charge in [0.2, 0.25) is 0 Å². The first-order valence-electron chi connectivity index (χ1n) is 6.72. The summed E-state index contributed by atoms with van der Waals surface area (Å²) in [5, 5.41) is 5.26. The summed E-state index contributed by atoms with van der Waals surface area (Å²) in [4.78, 5) is 0. The van der Waals surface area contributed by atoms with Crippen LogP contribution in [0.15, 0.2) is 54.6 Å². The van der Waals surface area contributed by atoms with Crippen molar-refractivity contribution in [1.82, 2.24) is 0 Å². The van der Waals surface area contributed by atoms with Crippen LogP contribution in [0.5, 0.6) is 0 Å². The van der Waals surface area contributed by atoms with E-state index in [1.165, 1.54) is 36.5 Å². The van der Waals surface area contributed by atoms with Crippen LogP contribution in [0.4, 0.5) is 0 Å². The Bertz CT molecular complexity index is 934. The van der Waals surface area contributed by atoms with E-state index in [1.54, 1.807) is 0 Å². The molecule has 2 heteroatoms. The first kappa shape index (κ1) is 12.2. The lowest BCUT2D eigenvalue weighted by atomic mass is 9.99. The molecule has 20 heavy (non-hydrogen) atoms. The average Bonchev–Trinajstić information content (AvgIpc) is 2.86. The third kappa shape index (κ3) is 1.67. The number of thiophene rings is 1. The predicted octanol–water partition coefficient (Wildman–Crippen LogP) is 6.51. The second kappa shape index (κ2) is 4.47. The fourth-order valence-corrected chi connectivity index (χ4v) is 4.35. The minimum Gasteiger partial charge on any atom is -0.135 e. The maximum Gasteiger partial charge on any atom is 0.0563 e. The zero-order chi connectivity index (χ0) is 13.7. The molecule has 0 fully saturated rings. The zero-order valence-electron chi connectivity index (χ0n) is 11.1. The second-order valence-electron chi connectivity index (χ2n) is 5.11. The summed E-state index contributed by atoms with van der Waals surface area (Å²) >= 11 is 8.31. The lowest BCUT2D eigenvalue weighted by molar-refractivity contribution is 1.11. The molecule has 0 aliphatic rings. The van der Waals surface area contributed by atoms with E-state index in [0.29, 0.717) is 0 Å². The predicted molar refractivity (Wildman–Crippen MR) is 91.1 cm³/mol. The minimum absolute atomic E-state index is 0.0140. The highest BCUT2D eigenvalue weighted by Crippen LogP contribution is 2.43. The standard InChI is InChI=1S/C18H13ClS/c1-11(19)15-10-12-6-2-3-7-13(12)18-17(15)14-8-4-5-9-16(14)20-18/h2-11H,1H3. The Morgan fingerprint density at radius 3 is 2.45 bits per heavy atom. The second-order valence-corrected chi connectivity index (χ2v) is 6.81. The van der Waals surface area contributed by atoms with E-state index in [1.807, 2.05) is 11.3 Å². The zero-order valence-corrected chi connectivity index (χ0v) is 12.6. The topological polar surface area (TPSA) is 0 Å². The molecule has 1 aromatic heterocycles. The van der Waals surface area contributed by atoms with Gasteiger partial charge in [-0.25, -0.2) is 0 Å². The van der Waals surface area contributed by atoms with Gasteiger partial charge in [0.05, 0.1) is 5.38 Å². The minimum atomic E-state index is 0.0140. The number of benzene rings is 3. The van der Waals surface area contributed by atoms with Gasteiger partial charge in [-0.15, -0.1) is 22.9 Å². The maximum atomic E-state index is 6.44. The van der Waals surface area contributed by atoms with Crippen LogP contribution in [0.2, 0.25) is 0 Å². The van der Waals surface area contributed by atoms with Gasteiger partial charge in [0.1, 0.15) is 0 Å². The van der Waals surface area contributed by atoms with Crippen molar-refractivity contribution in [2.24, 2.45) is 0 Å². The molecule has 1 atom stereocenters. The molecule has 0 N–H and O–H groups in total. The summed E-state index contributed by atoms with van der Waals surface area (Å²) < 4.78 is 2.68. The Hall–Kier alpha value is -1.57. The molecule has 98 valence electrons. The quantitative estimate of drug-likeness (QED) is 0.351. The van der Waals surface area contributed by atoms with Crippen LogP contribution >= 0.6 is 22.9 Å². The Morgan fingerprint density at radius 1 is 0.950 bits per heavy atom. The molecule has 0 spiro atoms. The fourth-order valence-electron chi connectivity index (χ4n) is 2.90. The van der Waals surface area contributed by atoms with E-state index in [-0.39, 0.29) is 5.38 Å². The lowest BCUT2D eigenvalue weighted by Gasteiger charge is -2.09. The average molecular weight is 297 g/mol. The number of hydrogen-bond acceptors (Lipinski definition) is 1. The van der Waals surface area contributed by atoms with Crippen molar-refractivity contribution >= 4 is 53.9 Å². The Balaban J connectivity index is 2.33. The van der Waals surface area contributed by atoms with Crippen molar-refractivity contribution in [3.8, 4) is 0 Å². The molecule has 0 nitrogen and oxygen atoms in total. The number of halogens is 1. The van der Waals surface area contributed by atoms with Gasteiger partial charge in [0.15, 0.2) is 0 Å². The number of rotatable bonds is 1. The van der Waals surface area contributed by atoms with Gasteiger partial charge >= 0.3 is 0 Å². The van der Waals surface area contributed by atoms with E-state index in [2.05, 4.69) is 61.5 Å². The van der Waals surface area contributed by atoms with Crippen molar-refractivity contribution in [2.45, 2.75) is 12.3 Å². The van der Waals surface area contributed by atoms with Crippen LogP contribution in [-0.2, 0) is 0 Å². The van der Waals surface area contributed by atoms with Gasteiger partial charge in [-0.3, -0.25) is 0 Å². The Morgan fingerprint density at radius 2 is 1.65 bits per heavy atom. The molecule has 4 aromatic rings. The van der Waals surface area contributed by atoms with Crippen LogP contribution in [-0.4, -0.2) is 0 Å². The van der Waals surface area contributed by atoms with Gasteiger partial charge in [-0.2, -0.15) is 0 Å². The van der Waals surface area contributed by atoms with E-state index in [9.17, 15) is 0 Å². The molecule has 4 rings (SSSR count). The molecule has 0 amide bonds. The Kier molecular flexibility index (Phi) is 2.73. The smallest absolute Gasteiger partial charge is 0.0563 e. The van der Waals surface area contributed by atoms with Crippen molar-refractivity contribution in [3.63, 3.8) is 0 Å². The van der Waals surface area contributed by atoms with Crippen molar-refractivity contribution < 1.29 is 0 Å². The van der Waals surface area contributed by atoms with Crippen molar-refractivity contribution in [2.75, 3.05) is 0 Å². The molecule has 0 radical (unpaired) electrons. The summed E-state index contributed by atoms with van der Waals surface area (Å²) in [6.45, 7) is 2.05. The number of alkyl halides is 1. The monoisotopic (exact) mass is 296 g/mol. The maximum absolute atomic E-state index is 6.44. The molecular formula is C18H13ClS. The van der Waals surface area contributed by atoms with Crippen LogP contribution in [0.1, 0.15) is 17.9 Å². The van der Waals surface area contributed by atoms with Gasteiger partial charge in [0, 0.05) is 20.2 Å². The Labute approximate surface area is 126 Å². The van der Waals surface area contributed by atoms with Crippen LogP contribution in [0.3, 0.4) is 0 Å². The van der Waals surface area contributed by atoms with E-state index in [0.717, 1.165) is 0 Å². The highest BCUT2D eigenvalue weighted by Gasteiger charge is 2.15. The SMILES string of the molecule is CC(Cl)c1cc2ccccc2c2sc3ccccc3c12. The third-order valence-electron chi connectivity index (χ3n) is 3.83. The van der Waals surface area contributed by atoms with Crippen LogP contribution in [0.25, 0.3) is 30.9 Å². The highest BCUT2D eigenvalue weighted by molar-refractivity contribution is 7.26. The summed E-state index contributed by atoms with van der Waals surface area (Å²) in [5.74, 6) is 0. The first-order chi connectivity index (χ1) is 9.75. The molecule has 0 aliphatic heterocycles. The molecule has 1 heterocycles. The van der Waals surface area contributed by atoms with E-state index < -0.39 is 0 Å². The van der Waals surface area contributed by atoms with E-state index >= 15 is 0 Å². The molecule has 0 saturated heterocycles. The fraction of sp³-hybridized carbons (Fsp3) is 0.111. The summed E-state index contributed by atoms with van der Waals surface area (Å²) in [6, 6.07) is 19.4. The molecule has 0 aliphatic carbocycles. The van der Waals surface area contributed by atoms with Crippen LogP contribution in [0, 0.1) is 0 Å². The van der Waals surface area contributed by atoms with Crippen molar-refractivity contribution in [3.05, 3.63) is 60.2 Å². The van der Waals surface area contributed by atoms with Gasteiger partial charge in [-0.1, -0.05) is 42.5 Å². The summed E-state index contributed by atoms with van der Waals surface area (Å²) in [6.07, 6.45) is 0. The third-order valence-corrected chi connectivity index (χ3v) is 5.27. The molecule has 0 saturated carbocycles. The molecule has 3 aromatic carbocycles. The van der Waals surface area contributed by atoms with Gasteiger partial charge in [-0.05, 0) is 35.4 Å². The van der Waals surface area contributed by atoms with E-state index in [4.69, 9.17) is 11.6 Å². The highest BCUT2D eigenvalue weighted by atomic mass is 35.5. The summed E-state index contributed by atoms with van der Waals surface area (Å²) in [5.41, 5.74) is 1.23. The normalized spacial score (nSPS) is 13.3. The lowest BCUT2D eigenvalue weighted by Crippen LogP contribution is -1.87. The molecule has 0 bridgehead atoms. The number of fused-ring (bicyclic) bond motifs is 5. The van der Waals surface area contributed by atoms with Gasteiger partial charge < -0.3 is 0 Å².